The minimum atomic E-state index is -3.56. The van der Waals surface area contributed by atoms with E-state index in [2.05, 4.69) is 21.4 Å². The van der Waals surface area contributed by atoms with Crippen LogP contribution in [0.1, 0.15) is 0 Å². The van der Waals surface area contributed by atoms with Crippen LogP contribution in [0.25, 0.3) is 10.8 Å². The van der Waals surface area contributed by atoms with Crippen molar-refractivity contribution in [3.8, 4) is 0 Å². The van der Waals surface area contributed by atoms with E-state index >= 15 is 0 Å². The topological polar surface area (TPSA) is 67.8 Å². The minimum absolute atomic E-state index is 0.143. The van der Waals surface area contributed by atoms with Crippen LogP contribution in [0, 0.1) is 0 Å². The van der Waals surface area contributed by atoms with Gasteiger partial charge in [0.05, 0.1) is 4.90 Å². The molecule has 0 amide bonds. The maximum absolute atomic E-state index is 12.2. The van der Waals surface area contributed by atoms with Crippen LogP contribution in [0.3, 0.4) is 0 Å². The number of oxime groups is 1. The summed E-state index contributed by atoms with van der Waals surface area (Å²) in [5.41, 5.74) is 0. The highest BCUT2D eigenvalue weighted by Gasteiger charge is 2.16. The second-order valence-electron chi connectivity index (χ2n) is 3.84. The number of hydrogen-bond donors (Lipinski definition) is 1. The Morgan fingerprint density at radius 1 is 1.16 bits per heavy atom. The van der Waals surface area contributed by atoms with Crippen molar-refractivity contribution >= 4 is 27.5 Å². The quantitative estimate of drug-likeness (QED) is 0.497. The summed E-state index contributed by atoms with van der Waals surface area (Å²) < 4.78 is 26.9. The van der Waals surface area contributed by atoms with Gasteiger partial charge in [0.25, 0.3) is 0 Å². The fraction of sp³-hybridized carbons (Fsp3) is 0.154. The van der Waals surface area contributed by atoms with Crippen molar-refractivity contribution < 1.29 is 13.3 Å². The summed E-state index contributed by atoms with van der Waals surface area (Å²) >= 11 is 0. The molecule has 0 radical (unpaired) electrons. The van der Waals surface area contributed by atoms with Crippen molar-refractivity contribution in [3.05, 3.63) is 42.5 Å². The molecule has 5 nitrogen and oxygen atoms in total. The summed E-state index contributed by atoms with van der Waals surface area (Å²) in [6.07, 6.45) is 0. The maximum Gasteiger partial charge on any atom is 0.241 e. The number of hydrogen-bond acceptors (Lipinski definition) is 4. The molecule has 0 spiro atoms. The second kappa shape index (κ2) is 5.81. The normalized spacial score (nSPS) is 11.4. The number of rotatable bonds is 6. The standard InChI is InChI=1S/C13H14N2O3S/c1-14-18-10-9-15-19(16,17)13-8-4-6-11-5-2-3-7-12(11)13/h2-8,15H,1,9-10H2. The van der Waals surface area contributed by atoms with Gasteiger partial charge in [0.1, 0.15) is 6.61 Å². The van der Waals surface area contributed by atoms with Crippen molar-refractivity contribution in [2.45, 2.75) is 4.90 Å². The van der Waals surface area contributed by atoms with Crippen molar-refractivity contribution in [1.29, 1.82) is 0 Å². The fourth-order valence-corrected chi connectivity index (χ4v) is 3.03. The van der Waals surface area contributed by atoms with E-state index in [1.165, 1.54) is 0 Å². The Kier molecular flexibility index (Phi) is 4.13. The van der Waals surface area contributed by atoms with Crippen LogP contribution in [0.2, 0.25) is 0 Å². The van der Waals surface area contributed by atoms with Gasteiger partial charge in [0, 0.05) is 18.6 Å². The highest BCUT2D eigenvalue weighted by molar-refractivity contribution is 7.89. The lowest BCUT2D eigenvalue weighted by Gasteiger charge is -2.09. The largest absolute Gasteiger partial charge is 0.395 e. The average molecular weight is 278 g/mol. The number of nitrogens with zero attached hydrogens (tertiary/aromatic N) is 1. The third-order valence-electron chi connectivity index (χ3n) is 2.62. The highest BCUT2D eigenvalue weighted by atomic mass is 32.2. The molecule has 0 aliphatic heterocycles. The highest BCUT2D eigenvalue weighted by Crippen LogP contribution is 2.22. The van der Waals surface area contributed by atoms with E-state index in [9.17, 15) is 8.42 Å². The number of fused-ring (bicyclic) bond motifs is 1. The van der Waals surface area contributed by atoms with E-state index in [1.807, 2.05) is 24.3 Å². The Labute approximate surface area is 111 Å². The van der Waals surface area contributed by atoms with E-state index in [0.717, 1.165) is 5.39 Å². The van der Waals surface area contributed by atoms with Gasteiger partial charge < -0.3 is 4.84 Å². The molecule has 0 saturated heterocycles. The van der Waals surface area contributed by atoms with E-state index in [-0.39, 0.29) is 18.0 Å². The first kappa shape index (κ1) is 13.5. The van der Waals surface area contributed by atoms with Crippen molar-refractivity contribution in [2.75, 3.05) is 13.2 Å². The molecule has 19 heavy (non-hydrogen) atoms. The maximum atomic E-state index is 12.2. The van der Waals surface area contributed by atoms with E-state index in [1.54, 1.807) is 18.2 Å². The van der Waals surface area contributed by atoms with Gasteiger partial charge in [0.2, 0.25) is 10.0 Å². The van der Waals surface area contributed by atoms with E-state index < -0.39 is 10.0 Å². The third-order valence-corrected chi connectivity index (χ3v) is 4.14. The summed E-state index contributed by atoms with van der Waals surface area (Å²) in [7, 11) is -3.56. The Morgan fingerprint density at radius 3 is 2.68 bits per heavy atom. The Morgan fingerprint density at radius 2 is 1.89 bits per heavy atom. The zero-order chi connectivity index (χ0) is 13.7. The molecule has 0 unspecified atom stereocenters. The molecule has 1 N–H and O–H groups in total. The van der Waals surface area contributed by atoms with Gasteiger partial charge in [-0.05, 0) is 11.5 Å². The number of nitrogens with one attached hydrogen (secondary N) is 1. The average Bonchev–Trinajstić information content (AvgIpc) is 2.43. The second-order valence-corrected chi connectivity index (χ2v) is 5.57. The van der Waals surface area contributed by atoms with Crippen LogP contribution < -0.4 is 4.72 Å². The zero-order valence-corrected chi connectivity index (χ0v) is 11.1. The SMILES string of the molecule is C=NOCCNS(=O)(=O)c1cccc2ccccc12. The van der Waals surface area contributed by atoms with Crippen molar-refractivity contribution in [2.24, 2.45) is 5.16 Å². The first-order chi connectivity index (χ1) is 9.15. The van der Waals surface area contributed by atoms with Gasteiger partial charge in [0.15, 0.2) is 0 Å². The Balaban J connectivity index is 2.30. The zero-order valence-electron chi connectivity index (χ0n) is 10.2. The summed E-state index contributed by atoms with van der Waals surface area (Å²) in [6, 6.07) is 12.5. The molecule has 0 atom stereocenters. The molecule has 0 bridgehead atoms. The van der Waals surface area contributed by atoms with Crippen LogP contribution in [0.15, 0.2) is 52.5 Å². The van der Waals surface area contributed by atoms with Gasteiger partial charge in [-0.1, -0.05) is 36.4 Å². The molecular formula is C13H14N2O3S. The first-order valence-electron chi connectivity index (χ1n) is 5.70. The summed E-state index contributed by atoms with van der Waals surface area (Å²) in [5, 5.41) is 4.77. The number of sulfonamides is 1. The molecule has 0 heterocycles. The smallest absolute Gasteiger partial charge is 0.241 e. The van der Waals surface area contributed by atoms with Gasteiger partial charge >= 0.3 is 0 Å². The predicted molar refractivity (Wildman–Crippen MR) is 74.6 cm³/mol. The number of benzene rings is 2. The van der Waals surface area contributed by atoms with Gasteiger partial charge in [-0.15, -0.1) is 5.16 Å². The Hall–Kier alpha value is -1.92. The molecule has 6 heteroatoms. The molecule has 0 fully saturated rings. The molecule has 2 aromatic rings. The Bertz CT molecular complexity index is 678. The fourth-order valence-electron chi connectivity index (χ4n) is 1.79. The lowest BCUT2D eigenvalue weighted by molar-refractivity contribution is 0.152. The molecule has 2 rings (SSSR count). The van der Waals surface area contributed by atoms with Gasteiger partial charge in [-0.3, -0.25) is 0 Å². The van der Waals surface area contributed by atoms with Gasteiger partial charge in [-0.2, -0.15) is 0 Å². The molecule has 0 saturated carbocycles. The molecular weight excluding hydrogens is 264 g/mol. The van der Waals surface area contributed by atoms with Crippen LogP contribution in [0.4, 0.5) is 0 Å². The first-order valence-corrected chi connectivity index (χ1v) is 7.19. The summed E-state index contributed by atoms with van der Waals surface area (Å²) in [6.45, 7) is 3.43. The van der Waals surface area contributed by atoms with E-state index in [4.69, 9.17) is 0 Å². The van der Waals surface area contributed by atoms with Crippen LogP contribution in [-0.2, 0) is 14.9 Å². The van der Waals surface area contributed by atoms with Crippen LogP contribution in [-0.4, -0.2) is 28.3 Å². The summed E-state index contributed by atoms with van der Waals surface area (Å²) in [4.78, 5) is 4.90. The minimum Gasteiger partial charge on any atom is -0.395 e. The molecule has 100 valence electrons. The van der Waals surface area contributed by atoms with Crippen LogP contribution >= 0.6 is 0 Å². The summed E-state index contributed by atoms with van der Waals surface area (Å²) in [5.74, 6) is 0. The van der Waals surface area contributed by atoms with Gasteiger partial charge in [-0.25, -0.2) is 13.1 Å². The molecule has 0 aliphatic carbocycles. The van der Waals surface area contributed by atoms with Crippen LogP contribution in [0.5, 0.6) is 0 Å². The molecule has 0 aromatic heterocycles. The monoisotopic (exact) mass is 278 g/mol. The third kappa shape index (κ3) is 3.10. The molecule has 2 aromatic carbocycles. The van der Waals surface area contributed by atoms with E-state index in [0.29, 0.717) is 5.39 Å². The molecule has 0 aliphatic rings. The predicted octanol–water partition coefficient (Wildman–Crippen LogP) is 1.75. The lowest BCUT2D eigenvalue weighted by atomic mass is 10.1. The van der Waals surface area contributed by atoms with Crippen molar-refractivity contribution in [3.63, 3.8) is 0 Å². The lowest BCUT2D eigenvalue weighted by Crippen LogP contribution is -2.27. The van der Waals surface area contributed by atoms with Crippen molar-refractivity contribution in [1.82, 2.24) is 4.72 Å².